The molecule has 0 aliphatic carbocycles. The summed E-state index contributed by atoms with van der Waals surface area (Å²) >= 11 is 11.4. The summed E-state index contributed by atoms with van der Waals surface area (Å²) in [4.78, 5) is 7.39. The molecule has 0 aliphatic heterocycles. The monoisotopic (exact) mass is 332 g/mol. The molecule has 2 rings (SSSR count). The van der Waals surface area contributed by atoms with E-state index >= 15 is 0 Å². The lowest BCUT2D eigenvalue weighted by Gasteiger charge is -2.05. The van der Waals surface area contributed by atoms with E-state index in [1.807, 2.05) is 0 Å². The van der Waals surface area contributed by atoms with Gasteiger partial charge in [0.05, 0.1) is 12.9 Å². The van der Waals surface area contributed by atoms with Crippen LogP contribution in [0.1, 0.15) is 5.56 Å². The Morgan fingerprint density at radius 1 is 1.10 bits per heavy atom. The molecule has 0 atom stereocenters. The van der Waals surface area contributed by atoms with Crippen LogP contribution in [0.5, 0.6) is 5.75 Å². The van der Waals surface area contributed by atoms with Crippen LogP contribution in [0.4, 0.5) is 0 Å². The topological polar surface area (TPSA) is 69.2 Å². The van der Waals surface area contributed by atoms with Crippen LogP contribution in [0.15, 0.2) is 35.5 Å². The minimum absolute atomic E-state index is 0.0155. The van der Waals surface area contributed by atoms with Crippen LogP contribution in [0.2, 0.25) is 10.3 Å². The molecule has 20 heavy (non-hydrogen) atoms. The van der Waals surface area contributed by atoms with E-state index in [-0.39, 0.29) is 21.2 Å². The SMILES string of the molecule is COc1ccc(CS(=O)(=O)c2nc(Cl)cc(Cl)n2)cc1. The van der Waals surface area contributed by atoms with Gasteiger partial charge in [0.1, 0.15) is 16.1 Å². The standard InChI is InChI=1S/C12H10Cl2N2O3S/c1-19-9-4-2-8(3-5-9)7-20(17,18)12-15-10(13)6-11(14)16-12/h2-6H,7H2,1H3. The van der Waals surface area contributed by atoms with Crippen molar-refractivity contribution < 1.29 is 13.2 Å². The van der Waals surface area contributed by atoms with Crippen LogP contribution < -0.4 is 4.74 Å². The highest BCUT2D eigenvalue weighted by atomic mass is 35.5. The normalized spacial score (nSPS) is 11.3. The zero-order valence-corrected chi connectivity index (χ0v) is 12.7. The molecular weight excluding hydrogens is 323 g/mol. The second kappa shape index (κ2) is 5.95. The molecule has 0 radical (unpaired) electrons. The average Bonchev–Trinajstić information content (AvgIpc) is 2.38. The molecule has 0 aliphatic rings. The number of benzene rings is 1. The van der Waals surface area contributed by atoms with Crippen molar-refractivity contribution >= 4 is 33.0 Å². The number of hydrogen-bond acceptors (Lipinski definition) is 5. The Labute approximate surface area is 126 Å². The van der Waals surface area contributed by atoms with Crippen molar-refractivity contribution in [2.75, 3.05) is 7.11 Å². The molecule has 0 fully saturated rings. The second-order valence-electron chi connectivity index (χ2n) is 3.90. The van der Waals surface area contributed by atoms with E-state index in [9.17, 15) is 8.42 Å². The van der Waals surface area contributed by atoms with Gasteiger partial charge in [0.2, 0.25) is 15.0 Å². The van der Waals surface area contributed by atoms with Crippen LogP contribution >= 0.6 is 23.2 Å². The van der Waals surface area contributed by atoms with E-state index in [0.29, 0.717) is 11.3 Å². The average molecular weight is 333 g/mol. The van der Waals surface area contributed by atoms with Gasteiger partial charge < -0.3 is 4.74 Å². The maximum atomic E-state index is 12.2. The molecule has 0 spiro atoms. The van der Waals surface area contributed by atoms with Crippen LogP contribution in [0.3, 0.4) is 0 Å². The van der Waals surface area contributed by atoms with Gasteiger partial charge in [-0.25, -0.2) is 18.4 Å². The van der Waals surface area contributed by atoms with Gasteiger partial charge in [-0.1, -0.05) is 35.3 Å². The predicted octanol–water partition coefficient (Wildman–Crippen LogP) is 2.77. The minimum atomic E-state index is -3.71. The molecule has 1 heterocycles. The van der Waals surface area contributed by atoms with E-state index in [1.165, 1.54) is 13.2 Å². The molecular formula is C12H10Cl2N2O3S. The third-order valence-electron chi connectivity index (χ3n) is 2.44. The summed E-state index contributed by atoms with van der Waals surface area (Å²) in [6.45, 7) is 0. The summed E-state index contributed by atoms with van der Waals surface area (Å²) in [5.74, 6) is 0.404. The predicted molar refractivity (Wildman–Crippen MR) is 75.9 cm³/mol. The summed E-state index contributed by atoms with van der Waals surface area (Å²) < 4.78 is 29.4. The lowest BCUT2D eigenvalue weighted by molar-refractivity contribution is 0.414. The number of sulfone groups is 1. The van der Waals surface area contributed by atoms with Gasteiger partial charge in [0.15, 0.2) is 0 Å². The molecule has 0 amide bonds. The van der Waals surface area contributed by atoms with Crippen molar-refractivity contribution in [2.24, 2.45) is 0 Å². The summed E-state index contributed by atoms with van der Waals surface area (Å²) in [5, 5.41) is -0.414. The van der Waals surface area contributed by atoms with Crippen molar-refractivity contribution in [3.05, 3.63) is 46.2 Å². The number of methoxy groups -OCH3 is 1. The van der Waals surface area contributed by atoms with Gasteiger partial charge in [-0.2, -0.15) is 0 Å². The molecule has 106 valence electrons. The molecule has 8 heteroatoms. The van der Waals surface area contributed by atoms with E-state index < -0.39 is 9.84 Å². The molecule has 0 bridgehead atoms. The van der Waals surface area contributed by atoms with Gasteiger partial charge in [-0.05, 0) is 17.7 Å². The first-order valence-corrected chi connectivity index (χ1v) is 7.87. The van der Waals surface area contributed by atoms with Crippen molar-refractivity contribution in [3.8, 4) is 5.75 Å². The number of rotatable bonds is 4. The summed E-state index contributed by atoms with van der Waals surface area (Å²) in [6.07, 6.45) is 0. The number of nitrogens with zero attached hydrogens (tertiary/aromatic N) is 2. The molecule has 5 nitrogen and oxygen atoms in total. The summed E-state index contributed by atoms with van der Waals surface area (Å²) in [7, 11) is -2.17. The largest absolute Gasteiger partial charge is 0.497 e. The molecule has 1 aromatic heterocycles. The van der Waals surface area contributed by atoms with Crippen LogP contribution in [0.25, 0.3) is 0 Å². The lowest BCUT2D eigenvalue weighted by atomic mass is 10.2. The first-order chi connectivity index (χ1) is 9.40. The summed E-state index contributed by atoms with van der Waals surface area (Å²) in [6, 6.07) is 7.94. The third kappa shape index (κ3) is 3.59. The highest BCUT2D eigenvalue weighted by molar-refractivity contribution is 7.90. The zero-order chi connectivity index (χ0) is 14.8. The van der Waals surface area contributed by atoms with Crippen molar-refractivity contribution in [2.45, 2.75) is 10.9 Å². The Kier molecular flexibility index (Phi) is 4.47. The highest BCUT2D eigenvalue weighted by Gasteiger charge is 2.20. The highest BCUT2D eigenvalue weighted by Crippen LogP contribution is 2.19. The summed E-state index contributed by atoms with van der Waals surface area (Å²) in [5.41, 5.74) is 0.588. The fourth-order valence-corrected chi connectivity index (χ4v) is 3.27. The van der Waals surface area contributed by atoms with Crippen LogP contribution in [-0.2, 0) is 15.6 Å². The first-order valence-electron chi connectivity index (χ1n) is 5.46. The number of hydrogen-bond donors (Lipinski definition) is 0. The number of halogens is 2. The van der Waals surface area contributed by atoms with Crippen LogP contribution in [-0.4, -0.2) is 25.5 Å². The van der Waals surface area contributed by atoms with Gasteiger partial charge in [-0.3, -0.25) is 0 Å². The maximum Gasteiger partial charge on any atom is 0.250 e. The number of aromatic nitrogens is 2. The molecule has 0 saturated carbocycles. The fourth-order valence-electron chi connectivity index (χ4n) is 1.52. The Balaban J connectivity index is 2.30. The molecule has 0 N–H and O–H groups in total. The molecule has 0 saturated heterocycles. The van der Waals surface area contributed by atoms with E-state index in [1.54, 1.807) is 24.3 Å². The zero-order valence-electron chi connectivity index (χ0n) is 10.4. The van der Waals surface area contributed by atoms with Gasteiger partial charge in [0.25, 0.3) is 0 Å². The third-order valence-corrected chi connectivity index (χ3v) is 4.28. The second-order valence-corrected chi connectivity index (χ2v) is 6.56. The van der Waals surface area contributed by atoms with Gasteiger partial charge in [-0.15, -0.1) is 0 Å². The lowest BCUT2D eigenvalue weighted by Crippen LogP contribution is -2.09. The fraction of sp³-hybridized carbons (Fsp3) is 0.167. The van der Waals surface area contributed by atoms with Gasteiger partial charge >= 0.3 is 0 Å². The molecule has 1 aromatic carbocycles. The number of ether oxygens (including phenoxy) is 1. The van der Waals surface area contributed by atoms with E-state index in [2.05, 4.69) is 9.97 Å². The Hall–Kier alpha value is -1.37. The van der Waals surface area contributed by atoms with Gasteiger partial charge in [0, 0.05) is 6.07 Å². The minimum Gasteiger partial charge on any atom is -0.497 e. The maximum absolute atomic E-state index is 12.2. The molecule has 2 aromatic rings. The smallest absolute Gasteiger partial charge is 0.250 e. The van der Waals surface area contributed by atoms with Crippen molar-refractivity contribution in [3.63, 3.8) is 0 Å². The van der Waals surface area contributed by atoms with Crippen LogP contribution in [0, 0.1) is 0 Å². The molecule has 0 unspecified atom stereocenters. The van der Waals surface area contributed by atoms with Crippen molar-refractivity contribution in [1.29, 1.82) is 0 Å². The first kappa shape index (κ1) is 15.0. The van der Waals surface area contributed by atoms with E-state index in [4.69, 9.17) is 27.9 Å². The Morgan fingerprint density at radius 3 is 2.15 bits per heavy atom. The van der Waals surface area contributed by atoms with Crippen molar-refractivity contribution in [1.82, 2.24) is 9.97 Å². The van der Waals surface area contributed by atoms with E-state index in [0.717, 1.165) is 0 Å². The Bertz CT molecular complexity index is 698. The Morgan fingerprint density at radius 2 is 1.65 bits per heavy atom. The quantitative estimate of drug-likeness (QED) is 0.636.